The van der Waals surface area contributed by atoms with E-state index in [0.29, 0.717) is 24.7 Å². The summed E-state index contributed by atoms with van der Waals surface area (Å²) in [5, 5.41) is 8.04. The predicted octanol–water partition coefficient (Wildman–Crippen LogP) is 3.78. The second-order valence-corrected chi connectivity index (χ2v) is 6.25. The quantitative estimate of drug-likeness (QED) is 0.677. The second kappa shape index (κ2) is 7.91. The summed E-state index contributed by atoms with van der Waals surface area (Å²) >= 11 is 0. The van der Waals surface area contributed by atoms with Gasteiger partial charge in [-0.25, -0.2) is 4.39 Å². The summed E-state index contributed by atoms with van der Waals surface area (Å²) in [4.78, 5) is 13.8. The van der Waals surface area contributed by atoms with Gasteiger partial charge in [-0.1, -0.05) is 29.8 Å². The van der Waals surface area contributed by atoms with Gasteiger partial charge in [-0.05, 0) is 36.8 Å². The number of amides is 1. The Balaban J connectivity index is 1.55. The molecule has 0 saturated carbocycles. The maximum absolute atomic E-state index is 13.2. The van der Waals surface area contributed by atoms with Gasteiger partial charge in [0.1, 0.15) is 5.82 Å². The van der Waals surface area contributed by atoms with Crippen LogP contribution >= 0.6 is 0 Å². The zero-order chi connectivity index (χ0) is 18.5. The second-order valence-electron chi connectivity index (χ2n) is 6.25. The SMILES string of the molecule is Cc1ccc(-c2nnc(CCC(=O)N(C)Cc3cccc(F)c3)o2)cc1. The smallest absolute Gasteiger partial charge is 0.247 e. The zero-order valence-electron chi connectivity index (χ0n) is 14.8. The lowest BCUT2D eigenvalue weighted by Crippen LogP contribution is -2.26. The van der Waals surface area contributed by atoms with Crippen LogP contribution in [0, 0.1) is 12.7 Å². The molecule has 134 valence electrons. The third-order valence-corrected chi connectivity index (χ3v) is 4.05. The third kappa shape index (κ3) is 4.53. The molecular formula is C20H20FN3O2. The van der Waals surface area contributed by atoms with E-state index in [1.165, 1.54) is 12.1 Å². The van der Waals surface area contributed by atoms with E-state index in [4.69, 9.17) is 4.42 Å². The molecule has 1 aromatic heterocycles. The summed E-state index contributed by atoms with van der Waals surface area (Å²) < 4.78 is 18.9. The minimum atomic E-state index is -0.308. The van der Waals surface area contributed by atoms with Crippen LogP contribution in [0.1, 0.15) is 23.4 Å². The lowest BCUT2D eigenvalue weighted by atomic mass is 10.1. The number of benzene rings is 2. The van der Waals surface area contributed by atoms with Crippen LogP contribution in [0.4, 0.5) is 4.39 Å². The van der Waals surface area contributed by atoms with Crippen molar-refractivity contribution in [3.63, 3.8) is 0 Å². The van der Waals surface area contributed by atoms with Crippen molar-refractivity contribution in [2.24, 2.45) is 0 Å². The number of aromatic nitrogens is 2. The fourth-order valence-corrected chi connectivity index (χ4v) is 2.57. The molecule has 0 spiro atoms. The standard InChI is InChI=1S/C20H20FN3O2/c1-14-6-8-16(9-7-14)20-23-22-18(26-20)10-11-19(25)24(2)13-15-4-3-5-17(21)12-15/h3-9,12H,10-11,13H2,1-2H3. The number of carbonyl (C=O) groups excluding carboxylic acids is 1. The minimum Gasteiger partial charge on any atom is -0.421 e. The van der Waals surface area contributed by atoms with E-state index in [1.54, 1.807) is 24.1 Å². The largest absolute Gasteiger partial charge is 0.421 e. The van der Waals surface area contributed by atoms with Gasteiger partial charge in [0.2, 0.25) is 17.7 Å². The highest BCUT2D eigenvalue weighted by Gasteiger charge is 2.13. The zero-order valence-corrected chi connectivity index (χ0v) is 14.8. The van der Waals surface area contributed by atoms with Crippen molar-refractivity contribution in [3.05, 3.63) is 71.4 Å². The lowest BCUT2D eigenvalue weighted by Gasteiger charge is -2.16. The van der Waals surface area contributed by atoms with Gasteiger partial charge < -0.3 is 9.32 Å². The Bertz CT molecular complexity index is 890. The van der Waals surface area contributed by atoms with E-state index in [9.17, 15) is 9.18 Å². The molecule has 2 aromatic carbocycles. The Hall–Kier alpha value is -3.02. The highest BCUT2D eigenvalue weighted by atomic mass is 19.1. The van der Waals surface area contributed by atoms with Crippen molar-refractivity contribution in [2.45, 2.75) is 26.3 Å². The molecule has 3 rings (SSSR count). The van der Waals surface area contributed by atoms with Gasteiger partial charge in [0, 0.05) is 32.0 Å². The molecule has 6 heteroatoms. The number of halogens is 1. The summed E-state index contributed by atoms with van der Waals surface area (Å²) in [6.45, 7) is 2.37. The van der Waals surface area contributed by atoms with Crippen molar-refractivity contribution in [3.8, 4) is 11.5 Å². The molecule has 1 heterocycles. The minimum absolute atomic E-state index is 0.0654. The lowest BCUT2D eigenvalue weighted by molar-refractivity contribution is -0.130. The molecule has 0 saturated heterocycles. The average molecular weight is 353 g/mol. The van der Waals surface area contributed by atoms with Gasteiger partial charge in [-0.3, -0.25) is 4.79 Å². The molecule has 3 aromatic rings. The predicted molar refractivity (Wildman–Crippen MR) is 95.7 cm³/mol. The highest BCUT2D eigenvalue weighted by Crippen LogP contribution is 2.19. The van der Waals surface area contributed by atoms with Crippen molar-refractivity contribution >= 4 is 5.91 Å². The molecule has 0 fully saturated rings. The summed E-state index contributed by atoms with van der Waals surface area (Å²) in [5.74, 6) is 0.496. The summed E-state index contributed by atoms with van der Waals surface area (Å²) in [7, 11) is 1.69. The molecule has 0 atom stereocenters. The first-order valence-corrected chi connectivity index (χ1v) is 8.39. The number of nitrogens with zero attached hydrogens (tertiary/aromatic N) is 3. The van der Waals surface area contributed by atoms with Crippen LogP contribution in [0.2, 0.25) is 0 Å². The number of aryl methyl sites for hydroxylation is 2. The fourth-order valence-electron chi connectivity index (χ4n) is 2.57. The Kier molecular flexibility index (Phi) is 5.41. The first-order chi connectivity index (χ1) is 12.5. The Labute approximate surface area is 151 Å². The van der Waals surface area contributed by atoms with Gasteiger partial charge in [0.05, 0.1) is 0 Å². The number of rotatable bonds is 6. The van der Waals surface area contributed by atoms with Gasteiger partial charge in [0.15, 0.2) is 0 Å². The Morgan fingerprint density at radius 3 is 2.65 bits per heavy atom. The van der Waals surface area contributed by atoms with Crippen LogP contribution in [0.3, 0.4) is 0 Å². The van der Waals surface area contributed by atoms with Gasteiger partial charge >= 0.3 is 0 Å². The number of hydrogen-bond acceptors (Lipinski definition) is 4. The van der Waals surface area contributed by atoms with Crippen molar-refractivity contribution in [1.29, 1.82) is 0 Å². The van der Waals surface area contributed by atoms with E-state index in [-0.39, 0.29) is 18.1 Å². The molecule has 0 bridgehead atoms. The maximum atomic E-state index is 13.2. The monoisotopic (exact) mass is 353 g/mol. The Morgan fingerprint density at radius 1 is 1.15 bits per heavy atom. The summed E-state index contributed by atoms with van der Waals surface area (Å²) in [5.41, 5.74) is 2.75. The molecule has 0 aliphatic carbocycles. The van der Waals surface area contributed by atoms with Crippen molar-refractivity contribution in [1.82, 2.24) is 15.1 Å². The molecule has 0 aliphatic heterocycles. The van der Waals surface area contributed by atoms with E-state index in [1.807, 2.05) is 31.2 Å². The van der Waals surface area contributed by atoms with E-state index < -0.39 is 0 Å². The van der Waals surface area contributed by atoms with Crippen LogP contribution in [0.15, 0.2) is 52.9 Å². The first kappa shape index (κ1) is 17.8. The van der Waals surface area contributed by atoms with E-state index in [0.717, 1.165) is 16.7 Å². The topological polar surface area (TPSA) is 59.2 Å². The van der Waals surface area contributed by atoms with Gasteiger partial charge in [-0.2, -0.15) is 0 Å². The van der Waals surface area contributed by atoms with E-state index >= 15 is 0 Å². The van der Waals surface area contributed by atoms with Crippen LogP contribution in [0.5, 0.6) is 0 Å². The Morgan fingerprint density at radius 2 is 1.92 bits per heavy atom. The van der Waals surface area contributed by atoms with Crippen molar-refractivity contribution in [2.75, 3.05) is 7.05 Å². The molecule has 26 heavy (non-hydrogen) atoms. The third-order valence-electron chi connectivity index (χ3n) is 4.05. The van der Waals surface area contributed by atoms with Crippen LogP contribution in [0.25, 0.3) is 11.5 Å². The molecule has 0 aliphatic rings. The first-order valence-electron chi connectivity index (χ1n) is 8.39. The van der Waals surface area contributed by atoms with Gasteiger partial charge in [-0.15, -0.1) is 10.2 Å². The maximum Gasteiger partial charge on any atom is 0.247 e. The number of carbonyl (C=O) groups is 1. The molecule has 0 N–H and O–H groups in total. The fraction of sp³-hybridized carbons (Fsp3) is 0.250. The van der Waals surface area contributed by atoms with Crippen LogP contribution in [-0.4, -0.2) is 28.1 Å². The highest BCUT2D eigenvalue weighted by molar-refractivity contribution is 5.76. The molecule has 0 unspecified atom stereocenters. The van der Waals surface area contributed by atoms with Crippen molar-refractivity contribution < 1.29 is 13.6 Å². The molecule has 5 nitrogen and oxygen atoms in total. The van der Waals surface area contributed by atoms with E-state index in [2.05, 4.69) is 10.2 Å². The summed E-state index contributed by atoms with van der Waals surface area (Å²) in [6.07, 6.45) is 0.618. The van der Waals surface area contributed by atoms with Gasteiger partial charge in [0.25, 0.3) is 0 Å². The molecular weight excluding hydrogens is 333 g/mol. The molecule has 0 radical (unpaired) electrons. The average Bonchev–Trinajstić information content (AvgIpc) is 3.09. The number of hydrogen-bond donors (Lipinski definition) is 0. The van der Waals surface area contributed by atoms with Crippen LogP contribution in [-0.2, 0) is 17.8 Å². The normalized spacial score (nSPS) is 10.7. The molecule has 1 amide bonds. The summed E-state index contributed by atoms with van der Waals surface area (Å²) in [6, 6.07) is 14.0. The van der Waals surface area contributed by atoms with Crippen LogP contribution < -0.4 is 0 Å².